The molecule has 0 saturated carbocycles. The molecule has 6 heteroatoms. The van der Waals surface area contributed by atoms with Crippen LogP contribution in [0.25, 0.3) is 33.4 Å². The number of nitrogens with one attached hydrogen (secondary N) is 1. The van der Waals surface area contributed by atoms with Crippen molar-refractivity contribution < 1.29 is 0 Å². The number of pyridine rings is 1. The first-order valence-electron chi connectivity index (χ1n) is 9.54. The maximum atomic E-state index is 4.93. The van der Waals surface area contributed by atoms with E-state index in [0.717, 1.165) is 52.6 Å². The van der Waals surface area contributed by atoms with Gasteiger partial charge in [0.25, 0.3) is 0 Å². The van der Waals surface area contributed by atoms with Crippen molar-refractivity contribution in [2.45, 2.75) is 6.92 Å². The summed E-state index contributed by atoms with van der Waals surface area (Å²) < 4.78 is 0. The number of likely N-dealkylation sites (N-methyl/N-ethyl adjacent to an activating group) is 2. The SMILES string of the molecule is CCN(CCN(C)C)c1nc(-c2c[nH]c3ncc(-c4ccccc4)cc23)cs1. The highest BCUT2D eigenvalue weighted by Crippen LogP contribution is 2.33. The second-order valence-electron chi connectivity index (χ2n) is 7.09. The van der Waals surface area contributed by atoms with Crippen molar-refractivity contribution >= 4 is 27.5 Å². The van der Waals surface area contributed by atoms with E-state index in [-0.39, 0.29) is 0 Å². The largest absolute Gasteiger partial charge is 0.347 e. The van der Waals surface area contributed by atoms with Gasteiger partial charge in [0.2, 0.25) is 0 Å². The molecule has 4 aromatic rings. The summed E-state index contributed by atoms with van der Waals surface area (Å²) in [6.45, 7) is 5.12. The van der Waals surface area contributed by atoms with Crippen LogP contribution in [0.2, 0.25) is 0 Å². The van der Waals surface area contributed by atoms with Crippen LogP contribution in [0.15, 0.2) is 54.2 Å². The fraction of sp³-hybridized carbons (Fsp3) is 0.273. The van der Waals surface area contributed by atoms with Gasteiger partial charge in [0.1, 0.15) is 5.65 Å². The van der Waals surface area contributed by atoms with Crippen molar-refractivity contribution in [3.8, 4) is 22.4 Å². The molecule has 0 spiro atoms. The number of nitrogens with zero attached hydrogens (tertiary/aromatic N) is 4. The Bertz CT molecular complexity index is 1050. The first-order chi connectivity index (χ1) is 13.7. The topological polar surface area (TPSA) is 48.0 Å². The molecule has 0 amide bonds. The average molecular weight is 392 g/mol. The van der Waals surface area contributed by atoms with E-state index in [0.29, 0.717) is 0 Å². The average Bonchev–Trinajstić information content (AvgIpc) is 3.35. The van der Waals surface area contributed by atoms with Gasteiger partial charge >= 0.3 is 0 Å². The van der Waals surface area contributed by atoms with Gasteiger partial charge in [-0.15, -0.1) is 11.3 Å². The van der Waals surface area contributed by atoms with E-state index >= 15 is 0 Å². The molecule has 3 aromatic heterocycles. The first kappa shape index (κ1) is 18.7. The van der Waals surface area contributed by atoms with Gasteiger partial charge in [-0.25, -0.2) is 9.97 Å². The number of benzene rings is 1. The molecule has 0 atom stereocenters. The standard InChI is InChI=1S/C22H25N5S/c1-4-27(11-10-26(2)3)22-25-20(15-28-22)19-14-24-21-18(19)12-17(13-23-21)16-8-6-5-7-9-16/h5-9,12-15H,4,10-11H2,1-3H3,(H,23,24). The highest BCUT2D eigenvalue weighted by Gasteiger charge is 2.15. The summed E-state index contributed by atoms with van der Waals surface area (Å²) in [5.41, 5.74) is 5.28. The Kier molecular flexibility index (Phi) is 5.41. The molecule has 1 N–H and O–H groups in total. The minimum Gasteiger partial charge on any atom is -0.347 e. The molecule has 0 bridgehead atoms. The number of hydrogen-bond acceptors (Lipinski definition) is 5. The summed E-state index contributed by atoms with van der Waals surface area (Å²) in [7, 11) is 4.20. The zero-order valence-corrected chi connectivity index (χ0v) is 17.3. The fourth-order valence-corrected chi connectivity index (χ4v) is 4.16. The molecule has 0 saturated heterocycles. The summed E-state index contributed by atoms with van der Waals surface area (Å²) in [6.07, 6.45) is 3.94. The molecule has 144 valence electrons. The van der Waals surface area contributed by atoms with Crippen LogP contribution in [0.4, 0.5) is 5.13 Å². The Morgan fingerprint density at radius 1 is 1.07 bits per heavy atom. The monoisotopic (exact) mass is 391 g/mol. The lowest BCUT2D eigenvalue weighted by atomic mass is 10.1. The van der Waals surface area contributed by atoms with Crippen LogP contribution in [0.5, 0.6) is 0 Å². The van der Waals surface area contributed by atoms with Gasteiger partial charge in [0.05, 0.1) is 5.69 Å². The van der Waals surface area contributed by atoms with E-state index in [1.807, 2.05) is 18.5 Å². The molecule has 28 heavy (non-hydrogen) atoms. The van der Waals surface area contributed by atoms with E-state index in [1.165, 1.54) is 5.56 Å². The number of rotatable bonds is 7. The highest BCUT2D eigenvalue weighted by atomic mass is 32.1. The number of anilines is 1. The summed E-state index contributed by atoms with van der Waals surface area (Å²) in [6, 6.07) is 12.6. The van der Waals surface area contributed by atoms with Crippen LogP contribution >= 0.6 is 11.3 Å². The second-order valence-corrected chi connectivity index (χ2v) is 7.92. The van der Waals surface area contributed by atoms with Crippen LogP contribution in [0, 0.1) is 0 Å². The highest BCUT2D eigenvalue weighted by molar-refractivity contribution is 7.14. The minimum atomic E-state index is 0.893. The predicted octanol–water partition coefficient (Wildman–Crippen LogP) is 4.74. The molecule has 0 unspecified atom stereocenters. The Balaban J connectivity index is 1.67. The van der Waals surface area contributed by atoms with Crippen LogP contribution in [0.1, 0.15) is 6.92 Å². The number of fused-ring (bicyclic) bond motifs is 1. The van der Waals surface area contributed by atoms with Gasteiger partial charge in [-0.1, -0.05) is 30.3 Å². The fourth-order valence-electron chi connectivity index (χ4n) is 3.25. The Hall–Kier alpha value is -2.70. The number of aromatic amines is 1. The quantitative estimate of drug-likeness (QED) is 0.494. The third-order valence-corrected chi connectivity index (χ3v) is 5.78. The van der Waals surface area contributed by atoms with E-state index in [2.05, 4.69) is 76.5 Å². The molecule has 3 heterocycles. The predicted molar refractivity (Wildman–Crippen MR) is 119 cm³/mol. The number of thiazole rings is 1. The molecule has 5 nitrogen and oxygen atoms in total. The Labute approximate surface area is 169 Å². The van der Waals surface area contributed by atoms with Crippen molar-refractivity contribution in [3.05, 3.63) is 54.2 Å². The molecule has 0 fully saturated rings. The zero-order valence-electron chi connectivity index (χ0n) is 16.5. The normalized spacial score (nSPS) is 11.4. The van der Waals surface area contributed by atoms with E-state index in [9.17, 15) is 0 Å². The van der Waals surface area contributed by atoms with Crippen LogP contribution < -0.4 is 4.90 Å². The molecule has 0 radical (unpaired) electrons. The van der Waals surface area contributed by atoms with Gasteiger partial charge in [0.15, 0.2) is 5.13 Å². The summed E-state index contributed by atoms with van der Waals surface area (Å²) >= 11 is 1.70. The molecule has 0 aliphatic heterocycles. The lowest BCUT2D eigenvalue weighted by Crippen LogP contribution is -2.31. The molecule has 0 aliphatic rings. The third kappa shape index (κ3) is 3.79. The number of hydrogen-bond donors (Lipinski definition) is 1. The molecular weight excluding hydrogens is 366 g/mol. The maximum absolute atomic E-state index is 4.93. The second kappa shape index (κ2) is 8.12. The summed E-state index contributed by atoms with van der Waals surface area (Å²) in [4.78, 5) is 17.4. The van der Waals surface area contributed by atoms with Gasteiger partial charge < -0.3 is 14.8 Å². The Morgan fingerprint density at radius 2 is 1.89 bits per heavy atom. The van der Waals surface area contributed by atoms with E-state index in [4.69, 9.17) is 4.98 Å². The van der Waals surface area contributed by atoms with Crippen LogP contribution in [-0.4, -0.2) is 53.6 Å². The van der Waals surface area contributed by atoms with Crippen molar-refractivity contribution in [2.75, 3.05) is 38.6 Å². The molecule has 4 rings (SSSR count). The van der Waals surface area contributed by atoms with E-state index in [1.54, 1.807) is 11.3 Å². The van der Waals surface area contributed by atoms with Crippen molar-refractivity contribution in [2.24, 2.45) is 0 Å². The van der Waals surface area contributed by atoms with Crippen molar-refractivity contribution in [3.63, 3.8) is 0 Å². The zero-order chi connectivity index (χ0) is 19.5. The van der Waals surface area contributed by atoms with Gasteiger partial charge in [-0.2, -0.15) is 0 Å². The molecule has 1 aromatic carbocycles. The van der Waals surface area contributed by atoms with E-state index < -0.39 is 0 Å². The van der Waals surface area contributed by atoms with Crippen molar-refractivity contribution in [1.29, 1.82) is 0 Å². The summed E-state index contributed by atoms with van der Waals surface area (Å²) in [5.74, 6) is 0. The number of H-pyrrole nitrogens is 1. The van der Waals surface area contributed by atoms with Crippen molar-refractivity contribution in [1.82, 2.24) is 19.9 Å². The minimum absolute atomic E-state index is 0.893. The van der Waals surface area contributed by atoms with Crippen LogP contribution in [-0.2, 0) is 0 Å². The van der Waals surface area contributed by atoms with Gasteiger partial charge in [-0.05, 0) is 32.6 Å². The smallest absolute Gasteiger partial charge is 0.185 e. The summed E-state index contributed by atoms with van der Waals surface area (Å²) in [5, 5.41) is 4.32. The Morgan fingerprint density at radius 3 is 2.64 bits per heavy atom. The van der Waals surface area contributed by atoms with Gasteiger partial charge in [-0.3, -0.25) is 0 Å². The maximum Gasteiger partial charge on any atom is 0.185 e. The number of aromatic nitrogens is 3. The van der Waals surface area contributed by atoms with Crippen LogP contribution in [0.3, 0.4) is 0 Å². The lowest BCUT2D eigenvalue weighted by Gasteiger charge is -2.21. The van der Waals surface area contributed by atoms with Gasteiger partial charge in [0, 0.05) is 53.9 Å². The molecular formula is C22H25N5S. The lowest BCUT2D eigenvalue weighted by molar-refractivity contribution is 0.414. The third-order valence-electron chi connectivity index (χ3n) is 4.88. The molecule has 0 aliphatic carbocycles. The first-order valence-corrected chi connectivity index (χ1v) is 10.4.